The molecule has 0 saturated heterocycles. The zero-order valence-corrected chi connectivity index (χ0v) is 13.4. The Morgan fingerprint density at radius 1 is 1.05 bits per heavy atom. The first kappa shape index (κ1) is 16.2. The van der Waals surface area contributed by atoms with Crippen LogP contribution in [0.25, 0.3) is 0 Å². The van der Waals surface area contributed by atoms with Crippen molar-refractivity contribution in [3.05, 3.63) is 36.2 Å². The number of nitrogens with two attached hydrogens (primary N) is 1. The molecule has 0 radical (unpaired) electrons. The molecule has 0 aliphatic rings. The molecule has 0 spiro atoms. The number of nitrogens with one attached hydrogen (secondary N) is 2. The summed E-state index contributed by atoms with van der Waals surface area (Å²) in [5.41, 5.74) is 6.71. The van der Waals surface area contributed by atoms with E-state index in [-0.39, 0.29) is 12.0 Å². The molecule has 0 aliphatic heterocycles. The first-order chi connectivity index (χ1) is 10.5. The van der Waals surface area contributed by atoms with Gasteiger partial charge in [-0.05, 0) is 37.9 Å². The third kappa shape index (κ3) is 4.96. The third-order valence-electron chi connectivity index (χ3n) is 3.26. The van der Waals surface area contributed by atoms with Crippen LogP contribution in [0.3, 0.4) is 0 Å². The van der Waals surface area contributed by atoms with E-state index in [1.54, 1.807) is 0 Å². The van der Waals surface area contributed by atoms with E-state index in [0.717, 1.165) is 18.7 Å². The number of benzene rings is 1. The SMILES string of the molecule is CC(C)CCNC(C)c1nc(N)nc(Nc2ccccc2)n1. The second kappa shape index (κ2) is 7.70. The maximum absolute atomic E-state index is 5.80. The van der Waals surface area contributed by atoms with E-state index < -0.39 is 0 Å². The number of para-hydroxylation sites is 1. The fourth-order valence-corrected chi connectivity index (χ4v) is 1.99. The van der Waals surface area contributed by atoms with Gasteiger partial charge in [0.1, 0.15) is 0 Å². The van der Waals surface area contributed by atoms with Crippen LogP contribution in [0.15, 0.2) is 30.3 Å². The van der Waals surface area contributed by atoms with Crippen LogP contribution in [0.4, 0.5) is 17.6 Å². The molecule has 0 fully saturated rings. The molecule has 1 aromatic carbocycles. The van der Waals surface area contributed by atoms with Crippen molar-refractivity contribution in [3.8, 4) is 0 Å². The molecule has 0 amide bonds. The molecule has 0 bridgehead atoms. The largest absolute Gasteiger partial charge is 0.368 e. The summed E-state index contributed by atoms with van der Waals surface area (Å²) in [5.74, 6) is 2.00. The molecule has 118 valence electrons. The molecular formula is C16H24N6. The minimum Gasteiger partial charge on any atom is -0.368 e. The van der Waals surface area contributed by atoms with E-state index in [2.05, 4.69) is 39.4 Å². The van der Waals surface area contributed by atoms with Crippen LogP contribution in [-0.2, 0) is 0 Å². The average Bonchev–Trinajstić information content (AvgIpc) is 2.47. The van der Waals surface area contributed by atoms with Crippen molar-refractivity contribution in [2.75, 3.05) is 17.6 Å². The minimum absolute atomic E-state index is 0.0281. The van der Waals surface area contributed by atoms with Gasteiger partial charge in [-0.1, -0.05) is 32.0 Å². The second-order valence-electron chi connectivity index (χ2n) is 5.72. The number of hydrogen-bond donors (Lipinski definition) is 3. The predicted octanol–water partition coefficient (Wildman–Crippen LogP) is 2.89. The van der Waals surface area contributed by atoms with Gasteiger partial charge in [-0.3, -0.25) is 0 Å². The molecule has 6 heteroatoms. The summed E-state index contributed by atoms with van der Waals surface area (Å²) in [6.07, 6.45) is 1.11. The number of rotatable bonds is 7. The highest BCUT2D eigenvalue weighted by Crippen LogP contribution is 2.15. The minimum atomic E-state index is 0.0281. The number of anilines is 3. The number of aromatic nitrogens is 3. The normalized spacial score (nSPS) is 12.4. The van der Waals surface area contributed by atoms with E-state index in [1.165, 1.54) is 0 Å². The van der Waals surface area contributed by atoms with Crippen LogP contribution < -0.4 is 16.4 Å². The van der Waals surface area contributed by atoms with E-state index in [1.807, 2.05) is 37.3 Å². The van der Waals surface area contributed by atoms with Gasteiger partial charge in [0.25, 0.3) is 0 Å². The summed E-state index contributed by atoms with van der Waals surface area (Å²) in [6.45, 7) is 7.36. The molecule has 22 heavy (non-hydrogen) atoms. The van der Waals surface area contributed by atoms with Gasteiger partial charge in [-0.2, -0.15) is 15.0 Å². The monoisotopic (exact) mass is 300 g/mol. The lowest BCUT2D eigenvalue weighted by Crippen LogP contribution is -2.23. The van der Waals surface area contributed by atoms with Gasteiger partial charge in [0.2, 0.25) is 11.9 Å². The number of hydrogen-bond acceptors (Lipinski definition) is 6. The van der Waals surface area contributed by atoms with Crippen LogP contribution in [0.1, 0.15) is 39.1 Å². The highest BCUT2D eigenvalue weighted by molar-refractivity contribution is 5.53. The van der Waals surface area contributed by atoms with Crippen LogP contribution in [0.2, 0.25) is 0 Å². The van der Waals surface area contributed by atoms with Crippen molar-refractivity contribution < 1.29 is 0 Å². The van der Waals surface area contributed by atoms with E-state index in [0.29, 0.717) is 17.7 Å². The first-order valence-corrected chi connectivity index (χ1v) is 7.61. The van der Waals surface area contributed by atoms with Gasteiger partial charge >= 0.3 is 0 Å². The van der Waals surface area contributed by atoms with Crippen LogP contribution in [-0.4, -0.2) is 21.5 Å². The summed E-state index contributed by atoms with van der Waals surface area (Å²) in [4.78, 5) is 12.8. The molecule has 1 heterocycles. The smallest absolute Gasteiger partial charge is 0.232 e. The molecule has 1 aromatic heterocycles. The summed E-state index contributed by atoms with van der Waals surface area (Å²) >= 11 is 0. The van der Waals surface area contributed by atoms with Gasteiger partial charge in [0, 0.05) is 5.69 Å². The van der Waals surface area contributed by atoms with Crippen molar-refractivity contribution in [1.82, 2.24) is 20.3 Å². The lowest BCUT2D eigenvalue weighted by molar-refractivity contribution is 0.484. The zero-order valence-electron chi connectivity index (χ0n) is 13.4. The predicted molar refractivity (Wildman–Crippen MR) is 89.8 cm³/mol. The summed E-state index contributed by atoms with van der Waals surface area (Å²) in [7, 11) is 0. The number of nitrogen functional groups attached to an aromatic ring is 1. The molecule has 0 aliphatic carbocycles. The molecule has 2 rings (SSSR count). The second-order valence-corrected chi connectivity index (χ2v) is 5.72. The van der Waals surface area contributed by atoms with Crippen LogP contribution in [0.5, 0.6) is 0 Å². The van der Waals surface area contributed by atoms with Gasteiger partial charge in [-0.15, -0.1) is 0 Å². The molecule has 1 unspecified atom stereocenters. The van der Waals surface area contributed by atoms with Crippen molar-refractivity contribution in [2.24, 2.45) is 5.92 Å². The van der Waals surface area contributed by atoms with Crippen LogP contribution >= 0.6 is 0 Å². The Balaban J connectivity index is 2.06. The summed E-state index contributed by atoms with van der Waals surface area (Å²) in [5, 5.41) is 6.56. The summed E-state index contributed by atoms with van der Waals surface area (Å²) < 4.78 is 0. The van der Waals surface area contributed by atoms with Gasteiger partial charge in [0.15, 0.2) is 5.82 Å². The van der Waals surface area contributed by atoms with E-state index in [4.69, 9.17) is 5.73 Å². The Morgan fingerprint density at radius 3 is 2.45 bits per heavy atom. The van der Waals surface area contributed by atoms with Crippen molar-refractivity contribution in [3.63, 3.8) is 0 Å². The summed E-state index contributed by atoms with van der Waals surface area (Å²) in [6, 6.07) is 9.78. The fraction of sp³-hybridized carbons (Fsp3) is 0.438. The Morgan fingerprint density at radius 2 is 1.77 bits per heavy atom. The zero-order chi connectivity index (χ0) is 15.9. The quantitative estimate of drug-likeness (QED) is 0.728. The highest BCUT2D eigenvalue weighted by atomic mass is 15.2. The van der Waals surface area contributed by atoms with Crippen molar-refractivity contribution in [2.45, 2.75) is 33.2 Å². The van der Waals surface area contributed by atoms with Crippen LogP contribution in [0, 0.1) is 5.92 Å². The lowest BCUT2D eigenvalue weighted by atomic mass is 10.1. The Bertz CT molecular complexity index is 584. The van der Waals surface area contributed by atoms with E-state index in [9.17, 15) is 0 Å². The Labute approximate surface area is 131 Å². The van der Waals surface area contributed by atoms with Crippen molar-refractivity contribution in [1.29, 1.82) is 0 Å². The molecule has 2 aromatic rings. The maximum atomic E-state index is 5.80. The number of nitrogens with zero attached hydrogens (tertiary/aromatic N) is 3. The molecule has 1 atom stereocenters. The van der Waals surface area contributed by atoms with Gasteiger partial charge < -0.3 is 16.4 Å². The fourth-order valence-electron chi connectivity index (χ4n) is 1.99. The first-order valence-electron chi connectivity index (χ1n) is 7.61. The standard InChI is InChI=1S/C16H24N6/c1-11(2)9-10-18-12(3)14-20-15(17)22-16(21-14)19-13-7-5-4-6-8-13/h4-8,11-12,18H,9-10H2,1-3H3,(H3,17,19,20,21,22). The van der Waals surface area contributed by atoms with Gasteiger partial charge in [0.05, 0.1) is 6.04 Å². The Kier molecular flexibility index (Phi) is 5.66. The molecular weight excluding hydrogens is 276 g/mol. The highest BCUT2D eigenvalue weighted by Gasteiger charge is 2.12. The topological polar surface area (TPSA) is 88.8 Å². The van der Waals surface area contributed by atoms with Crippen molar-refractivity contribution >= 4 is 17.6 Å². The van der Waals surface area contributed by atoms with E-state index >= 15 is 0 Å². The maximum Gasteiger partial charge on any atom is 0.232 e. The molecule has 4 N–H and O–H groups in total. The van der Waals surface area contributed by atoms with Gasteiger partial charge in [-0.25, -0.2) is 0 Å². The molecule has 6 nitrogen and oxygen atoms in total. The molecule has 0 saturated carbocycles. The Hall–Kier alpha value is -2.21. The third-order valence-corrected chi connectivity index (χ3v) is 3.26. The average molecular weight is 300 g/mol. The lowest BCUT2D eigenvalue weighted by Gasteiger charge is -2.15.